The molecule has 1 aliphatic rings. The van der Waals surface area contributed by atoms with Gasteiger partial charge in [0.15, 0.2) is 0 Å². The number of fused-ring (bicyclic) bond motifs is 1. The van der Waals surface area contributed by atoms with Gasteiger partial charge in [-0.15, -0.1) is 0 Å². The molecule has 0 saturated carbocycles. The second kappa shape index (κ2) is 5.92. The lowest BCUT2D eigenvalue weighted by Gasteiger charge is -2.17. The van der Waals surface area contributed by atoms with Gasteiger partial charge in [-0.2, -0.15) is 0 Å². The Morgan fingerprint density at radius 3 is 2.24 bits per heavy atom. The summed E-state index contributed by atoms with van der Waals surface area (Å²) in [7, 11) is 1.79. The molecule has 2 aromatic rings. The smallest absolute Gasteiger partial charge is 0.314 e. The van der Waals surface area contributed by atoms with Crippen molar-refractivity contribution < 1.29 is 9.59 Å². The molecule has 0 atom stereocenters. The molecular weight excluding hydrogens is 314 g/mol. The summed E-state index contributed by atoms with van der Waals surface area (Å²) in [5.74, 6) is 0.0619. The lowest BCUT2D eigenvalue weighted by Crippen LogP contribution is -2.33. The van der Waals surface area contributed by atoms with Gasteiger partial charge in [-0.1, -0.05) is 17.7 Å². The first-order valence-electron chi connectivity index (χ1n) is 8.28. The van der Waals surface area contributed by atoms with Crippen molar-refractivity contribution >= 4 is 29.0 Å². The van der Waals surface area contributed by atoms with Crippen molar-refractivity contribution in [3.8, 4) is 0 Å². The Balaban J connectivity index is 1.84. The van der Waals surface area contributed by atoms with E-state index in [1.165, 1.54) is 0 Å². The average molecular weight is 337 g/mol. The van der Waals surface area contributed by atoms with E-state index in [2.05, 4.69) is 10.6 Å². The standard InChI is InChI=1S/C20H23N3O2/c1-12-6-8-14(9-7-12)21-19(25)22-15-10-13(2)17-16(11-15)20(3,4)18(24)23(17)5/h6-11H,1-5H3,(H2,21,22,25). The number of hydrogen-bond donors (Lipinski definition) is 2. The molecule has 3 amide bonds. The van der Waals surface area contributed by atoms with Gasteiger partial charge in [0, 0.05) is 18.4 Å². The minimum atomic E-state index is -0.597. The molecule has 0 aromatic heterocycles. The van der Waals surface area contributed by atoms with Gasteiger partial charge >= 0.3 is 6.03 Å². The summed E-state index contributed by atoms with van der Waals surface area (Å²) in [5, 5.41) is 5.68. The summed E-state index contributed by atoms with van der Waals surface area (Å²) in [6, 6.07) is 11.1. The maximum atomic E-state index is 12.5. The zero-order valence-corrected chi connectivity index (χ0v) is 15.2. The number of urea groups is 1. The minimum absolute atomic E-state index is 0.0619. The normalized spacial score (nSPS) is 15.1. The van der Waals surface area contributed by atoms with Gasteiger partial charge in [-0.25, -0.2) is 4.79 Å². The van der Waals surface area contributed by atoms with Crippen LogP contribution >= 0.6 is 0 Å². The molecule has 130 valence electrons. The lowest BCUT2D eigenvalue weighted by atomic mass is 9.85. The molecule has 0 bridgehead atoms. The third kappa shape index (κ3) is 2.97. The van der Waals surface area contributed by atoms with Crippen molar-refractivity contribution in [2.24, 2.45) is 0 Å². The van der Waals surface area contributed by atoms with Gasteiger partial charge in [-0.3, -0.25) is 4.79 Å². The van der Waals surface area contributed by atoms with Crippen LogP contribution in [0.5, 0.6) is 0 Å². The minimum Gasteiger partial charge on any atom is -0.314 e. The van der Waals surface area contributed by atoms with Gasteiger partial charge in [0.25, 0.3) is 0 Å². The van der Waals surface area contributed by atoms with Crippen molar-refractivity contribution in [3.05, 3.63) is 53.1 Å². The van der Waals surface area contributed by atoms with Gasteiger partial charge in [0.05, 0.1) is 11.1 Å². The highest BCUT2D eigenvalue weighted by atomic mass is 16.2. The highest BCUT2D eigenvalue weighted by Gasteiger charge is 2.43. The third-order valence-electron chi connectivity index (χ3n) is 4.72. The molecule has 0 aliphatic carbocycles. The van der Waals surface area contributed by atoms with E-state index in [1.807, 2.05) is 64.1 Å². The van der Waals surface area contributed by atoms with E-state index in [1.54, 1.807) is 11.9 Å². The summed E-state index contributed by atoms with van der Waals surface area (Å²) >= 11 is 0. The fourth-order valence-electron chi connectivity index (χ4n) is 3.34. The van der Waals surface area contributed by atoms with Crippen LogP contribution in [0.4, 0.5) is 21.9 Å². The van der Waals surface area contributed by atoms with E-state index in [0.29, 0.717) is 5.69 Å². The number of amides is 3. The molecule has 0 spiro atoms. The predicted octanol–water partition coefficient (Wildman–Crippen LogP) is 4.20. The van der Waals surface area contributed by atoms with Crippen LogP contribution in [0, 0.1) is 13.8 Å². The number of anilines is 3. The van der Waals surface area contributed by atoms with E-state index < -0.39 is 5.41 Å². The third-order valence-corrected chi connectivity index (χ3v) is 4.72. The van der Waals surface area contributed by atoms with Crippen LogP contribution in [-0.2, 0) is 10.2 Å². The number of carbonyl (C=O) groups is 2. The first kappa shape index (κ1) is 17.0. The van der Waals surface area contributed by atoms with Crippen LogP contribution < -0.4 is 15.5 Å². The van der Waals surface area contributed by atoms with Gasteiger partial charge in [0.2, 0.25) is 5.91 Å². The van der Waals surface area contributed by atoms with Crippen LogP contribution in [0.2, 0.25) is 0 Å². The molecular formula is C20H23N3O2. The van der Waals surface area contributed by atoms with Crippen LogP contribution in [0.3, 0.4) is 0 Å². The van der Waals surface area contributed by atoms with Crippen molar-refractivity contribution in [1.29, 1.82) is 0 Å². The molecule has 2 aromatic carbocycles. The Labute approximate surface area is 148 Å². The Kier molecular flexibility index (Phi) is 4.03. The first-order valence-corrected chi connectivity index (χ1v) is 8.28. The molecule has 2 N–H and O–H groups in total. The Hall–Kier alpha value is -2.82. The number of rotatable bonds is 2. The van der Waals surface area contributed by atoms with Crippen LogP contribution in [0.25, 0.3) is 0 Å². The second-order valence-electron chi connectivity index (χ2n) is 7.12. The number of hydrogen-bond acceptors (Lipinski definition) is 2. The summed E-state index contributed by atoms with van der Waals surface area (Å²) in [4.78, 5) is 26.4. The zero-order chi connectivity index (χ0) is 18.4. The van der Waals surface area contributed by atoms with E-state index in [-0.39, 0.29) is 11.9 Å². The maximum absolute atomic E-state index is 12.5. The molecule has 25 heavy (non-hydrogen) atoms. The highest BCUT2D eigenvalue weighted by Crippen LogP contribution is 2.44. The van der Waals surface area contributed by atoms with Crippen molar-refractivity contribution in [2.45, 2.75) is 33.1 Å². The van der Waals surface area contributed by atoms with E-state index in [9.17, 15) is 9.59 Å². The van der Waals surface area contributed by atoms with Gasteiger partial charge in [-0.05, 0) is 63.1 Å². The molecule has 5 nitrogen and oxygen atoms in total. The molecule has 1 heterocycles. The second-order valence-corrected chi connectivity index (χ2v) is 7.12. The Bertz CT molecular complexity index is 854. The Morgan fingerprint density at radius 2 is 1.60 bits per heavy atom. The molecule has 0 radical (unpaired) electrons. The predicted molar refractivity (Wildman–Crippen MR) is 101 cm³/mol. The SMILES string of the molecule is Cc1ccc(NC(=O)Nc2cc(C)c3c(c2)C(C)(C)C(=O)N3C)cc1. The molecule has 0 fully saturated rings. The molecule has 5 heteroatoms. The van der Waals surface area contributed by atoms with E-state index >= 15 is 0 Å². The van der Waals surface area contributed by atoms with E-state index in [0.717, 1.165) is 28.1 Å². The monoisotopic (exact) mass is 337 g/mol. The van der Waals surface area contributed by atoms with Gasteiger partial charge in [0.1, 0.15) is 0 Å². The van der Waals surface area contributed by atoms with Crippen LogP contribution in [0.1, 0.15) is 30.5 Å². The van der Waals surface area contributed by atoms with Crippen LogP contribution in [0.15, 0.2) is 36.4 Å². The number of carbonyl (C=O) groups excluding carboxylic acids is 2. The summed E-state index contributed by atoms with van der Waals surface area (Å²) in [6.07, 6.45) is 0. The largest absolute Gasteiger partial charge is 0.323 e. The summed E-state index contributed by atoms with van der Waals surface area (Å²) in [6.45, 7) is 7.77. The highest BCUT2D eigenvalue weighted by molar-refractivity contribution is 6.09. The molecule has 0 unspecified atom stereocenters. The van der Waals surface area contributed by atoms with Crippen molar-refractivity contribution in [2.75, 3.05) is 22.6 Å². The van der Waals surface area contributed by atoms with Crippen molar-refractivity contribution in [3.63, 3.8) is 0 Å². The number of nitrogens with zero attached hydrogens (tertiary/aromatic N) is 1. The number of nitrogens with one attached hydrogen (secondary N) is 2. The van der Waals surface area contributed by atoms with Crippen LogP contribution in [-0.4, -0.2) is 19.0 Å². The first-order chi connectivity index (χ1) is 11.7. The lowest BCUT2D eigenvalue weighted by molar-refractivity contribution is -0.121. The topological polar surface area (TPSA) is 61.4 Å². The fraction of sp³-hybridized carbons (Fsp3) is 0.300. The maximum Gasteiger partial charge on any atom is 0.323 e. The zero-order valence-electron chi connectivity index (χ0n) is 15.2. The molecule has 0 saturated heterocycles. The number of likely N-dealkylation sites (N-methyl/N-ethyl adjacent to an activating group) is 1. The molecule has 3 rings (SSSR count). The number of benzene rings is 2. The Morgan fingerprint density at radius 1 is 1.00 bits per heavy atom. The number of aryl methyl sites for hydroxylation is 2. The van der Waals surface area contributed by atoms with Crippen molar-refractivity contribution in [1.82, 2.24) is 0 Å². The van der Waals surface area contributed by atoms with E-state index in [4.69, 9.17) is 0 Å². The summed E-state index contributed by atoms with van der Waals surface area (Å²) < 4.78 is 0. The quantitative estimate of drug-likeness (QED) is 0.862. The van der Waals surface area contributed by atoms with Gasteiger partial charge < -0.3 is 15.5 Å². The fourth-order valence-corrected chi connectivity index (χ4v) is 3.34. The molecule has 1 aliphatic heterocycles. The average Bonchev–Trinajstić information content (AvgIpc) is 2.71. The summed E-state index contributed by atoms with van der Waals surface area (Å²) in [5.41, 5.74) is 4.78.